The summed E-state index contributed by atoms with van der Waals surface area (Å²) in [4.78, 5) is 4.71. The molecular weight excluding hydrogens is 318 g/mol. The summed E-state index contributed by atoms with van der Waals surface area (Å²) in [6.45, 7) is 10.3. The van der Waals surface area contributed by atoms with Crippen LogP contribution in [0.25, 0.3) is 0 Å². The Morgan fingerprint density at radius 3 is 2.46 bits per heavy atom. The number of hydrogen-bond donors (Lipinski definition) is 1. The van der Waals surface area contributed by atoms with Gasteiger partial charge in [0.25, 0.3) is 0 Å². The van der Waals surface area contributed by atoms with Crippen molar-refractivity contribution in [2.75, 3.05) is 5.75 Å². The van der Waals surface area contributed by atoms with Crippen molar-refractivity contribution >= 4 is 11.8 Å². The van der Waals surface area contributed by atoms with E-state index < -0.39 is 0 Å². The van der Waals surface area contributed by atoms with Crippen LogP contribution in [0.3, 0.4) is 0 Å². The number of nitrogens with zero attached hydrogens (tertiary/aromatic N) is 4. The molecule has 0 amide bonds. The first-order valence-electron chi connectivity index (χ1n) is 8.03. The van der Waals surface area contributed by atoms with Crippen LogP contribution >= 0.6 is 11.8 Å². The van der Waals surface area contributed by atoms with Gasteiger partial charge in [0.2, 0.25) is 0 Å². The van der Waals surface area contributed by atoms with E-state index in [1.807, 2.05) is 19.1 Å². The molecule has 128 valence electrons. The van der Waals surface area contributed by atoms with Crippen LogP contribution < -0.4 is 5.73 Å². The Labute approximate surface area is 148 Å². The van der Waals surface area contributed by atoms with Gasteiger partial charge in [-0.2, -0.15) is 10.5 Å². The van der Waals surface area contributed by atoms with E-state index in [1.165, 1.54) is 23.6 Å². The van der Waals surface area contributed by atoms with Crippen LogP contribution in [0.5, 0.6) is 0 Å². The third-order valence-electron chi connectivity index (χ3n) is 3.46. The zero-order valence-electron chi connectivity index (χ0n) is 14.7. The lowest BCUT2D eigenvalue weighted by molar-refractivity contribution is 0.648. The summed E-state index contributed by atoms with van der Waals surface area (Å²) in [7, 11) is 0. The minimum Gasteiger partial charge on any atom is -0.324 e. The lowest BCUT2D eigenvalue weighted by Gasteiger charge is -2.08. The number of aromatic nitrogens is 2. The van der Waals surface area contributed by atoms with Gasteiger partial charge in [-0.15, -0.1) is 11.8 Å². The van der Waals surface area contributed by atoms with E-state index in [0.717, 1.165) is 23.7 Å². The quantitative estimate of drug-likeness (QED) is 0.625. The number of allylic oxidation sites excluding steroid dienone is 2. The molecule has 0 bridgehead atoms. The highest BCUT2D eigenvalue weighted by Gasteiger charge is 2.31. The second-order valence-electron chi connectivity index (χ2n) is 5.64. The largest absolute Gasteiger partial charge is 0.324 e. The van der Waals surface area contributed by atoms with Crippen LogP contribution in [0.15, 0.2) is 28.8 Å². The zero-order chi connectivity index (χ0) is 18.1. The number of rotatable bonds is 6. The maximum atomic E-state index is 8.77. The maximum absolute atomic E-state index is 8.77. The van der Waals surface area contributed by atoms with Gasteiger partial charge in [0.05, 0.1) is 29.4 Å². The van der Waals surface area contributed by atoms with E-state index in [4.69, 9.17) is 21.2 Å². The molecule has 1 aromatic rings. The van der Waals surface area contributed by atoms with Crippen LogP contribution in [0.4, 0.5) is 0 Å². The number of thioether (sulfide) groups is 1. The molecule has 1 saturated carbocycles. The molecule has 1 aliphatic carbocycles. The van der Waals surface area contributed by atoms with E-state index in [-0.39, 0.29) is 0 Å². The second-order valence-corrected chi connectivity index (χ2v) is 6.65. The van der Waals surface area contributed by atoms with Gasteiger partial charge in [-0.1, -0.05) is 12.7 Å². The zero-order valence-corrected chi connectivity index (χ0v) is 15.5. The van der Waals surface area contributed by atoms with Crippen molar-refractivity contribution < 1.29 is 0 Å². The smallest absolute Gasteiger partial charge is 0.123 e. The van der Waals surface area contributed by atoms with Crippen molar-refractivity contribution in [3.63, 3.8) is 0 Å². The van der Waals surface area contributed by atoms with Crippen molar-refractivity contribution in [2.45, 2.75) is 57.6 Å². The first-order valence-corrected chi connectivity index (χ1v) is 9.01. The summed E-state index contributed by atoms with van der Waals surface area (Å²) in [5.41, 5.74) is 8.32. The molecular formula is C18H25N5S. The monoisotopic (exact) mass is 343 g/mol. The molecule has 0 aromatic carbocycles. The van der Waals surface area contributed by atoms with Crippen LogP contribution in [0.2, 0.25) is 0 Å². The second kappa shape index (κ2) is 9.97. The maximum Gasteiger partial charge on any atom is 0.123 e. The fraction of sp³-hybridized carbons (Fsp3) is 0.500. The summed E-state index contributed by atoms with van der Waals surface area (Å²) in [5, 5.41) is 17.8. The van der Waals surface area contributed by atoms with E-state index in [0.29, 0.717) is 18.0 Å². The average Bonchev–Trinajstić information content (AvgIpc) is 3.36. The molecule has 2 N–H and O–H groups in total. The Kier molecular flexibility index (Phi) is 8.32. The molecule has 0 spiro atoms. The lowest BCUT2D eigenvalue weighted by Crippen LogP contribution is -2.08. The first kappa shape index (κ1) is 20.0. The number of nitrogens with two attached hydrogens (primary N) is 1. The fourth-order valence-corrected chi connectivity index (χ4v) is 3.29. The standard InChI is InChI=1S/C14H20N4S.C4H5N/c1-3-18-12(9-16)17-13(11-4-5-11)14(18)19-7-6-10(2)8-15;1-4(2)3-5/h6,11H,3-5,7,9,16H2,1-2H3;1H2,2H3/b10-6+;. The van der Waals surface area contributed by atoms with Gasteiger partial charge < -0.3 is 10.3 Å². The fourth-order valence-electron chi connectivity index (χ4n) is 2.05. The molecule has 6 heteroatoms. The SMILES string of the molecule is C=C(C)C#N.CCn1c(CN)nc(C2CC2)c1SC/C=C(\C)C#N. The highest BCUT2D eigenvalue weighted by Crippen LogP contribution is 2.44. The molecule has 1 heterocycles. The van der Waals surface area contributed by atoms with Crippen LogP contribution in [0.1, 0.15) is 51.0 Å². The highest BCUT2D eigenvalue weighted by molar-refractivity contribution is 7.99. The summed E-state index contributed by atoms with van der Waals surface area (Å²) < 4.78 is 2.22. The summed E-state index contributed by atoms with van der Waals surface area (Å²) in [6, 6.07) is 3.98. The van der Waals surface area contributed by atoms with Crippen molar-refractivity contribution in [2.24, 2.45) is 5.73 Å². The van der Waals surface area contributed by atoms with Crippen LogP contribution in [-0.2, 0) is 13.1 Å². The topological polar surface area (TPSA) is 91.4 Å². The third kappa shape index (κ3) is 5.88. The van der Waals surface area contributed by atoms with Gasteiger partial charge in [0.15, 0.2) is 0 Å². The van der Waals surface area contributed by atoms with Crippen molar-refractivity contribution in [1.82, 2.24) is 9.55 Å². The van der Waals surface area contributed by atoms with Crippen molar-refractivity contribution in [3.8, 4) is 12.1 Å². The minimum atomic E-state index is 0.487. The van der Waals surface area contributed by atoms with Gasteiger partial charge in [-0.3, -0.25) is 0 Å². The summed E-state index contributed by atoms with van der Waals surface area (Å²) in [6.07, 6.45) is 4.45. The van der Waals surface area contributed by atoms with Gasteiger partial charge in [-0.05, 0) is 33.6 Å². The third-order valence-corrected chi connectivity index (χ3v) is 4.50. The van der Waals surface area contributed by atoms with Crippen LogP contribution in [0, 0.1) is 22.7 Å². The number of imidazole rings is 1. The van der Waals surface area contributed by atoms with Crippen LogP contribution in [-0.4, -0.2) is 15.3 Å². The predicted octanol–water partition coefficient (Wildman–Crippen LogP) is 3.89. The molecule has 0 unspecified atom stereocenters. The van der Waals surface area contributed by atoms with Gasteiger partial charge >= 0.3 is 0 Å². The average molecular weight is 344 g/mol. The van der Waals surface area contributed by atoms with E-state index in [2.05, 4.69) is 24.1 Å². The van der Waals surface area contributed by atoms with Gasteiger partial charge in [0.1, 0.15) is 5.82 Å². The molecule has 2 rings (SSSR count). The Hall–Kier alpha value is -2.02. The Morgan fingerprint density at radius 1 is 1.42 bits per heavy atom. The van der Waals surface area contributed by atoms with Gasteiger partial charge in [0, 0.05) is 29.4 Å². The summed E-state index contributed by atoms with van der Waals surface area (Å²) >= 11 is 1.76. The summed E-state index contributed by atoms with van der Waals surface area (Å²) in [5.74, 6) is 2.42. The molecule has 0 saturated heterocycles. The minimum absolute atomic E-state index is 0.487. The molecule has 1 fully saturated rings. The Balaban J connectivity index is 0.000000505. The molecule has 1 aromatic heterocycles. The number of nitriles is 2. The van der Waals surface area contributed by atoms with Crippen molar-refractivity contribution in [1.29, 1.82) is 10.5 Å². The molecule has 1 aliphatic rings. The van der Waals surface area contributed by atoms with E-state index >= 15 is 0 Å². The highest BCUT2D eigenvalue weighted by atomic mass is 32.2. The molecule has 0 radical (unpaired) electrons. The Morgan fingerprint density at radius 2 is 2.04 bits per heavy atom. The lowest BCUT2D eigenvalue weighted by atomic mass is 10.3. The van der Waals surface area contributed by atoms with E-state index in [9.17, 15) is 0 Å². The van der Waals surface area contributed by atoms with E-state index in [1.54, 1.807) is 18.7 Å². The number of hydrogen-bond acceptors (Lipinski definition) is 5. The van der Waals surface area contributed by atoms with Gasteiger partial charge in [-0.25, -0.2) is 4.98 Å². The predicted molar refractivity (Wildman–Crippen MR) is 98.3 cm³/mol. The molecule has 0 aliphatic heterocycles. The van der Waals surface area contributed by atoms with Crippen molar-refractivity contribution in [3.05, 3.63) is 35.3 Å². The normalized spacial score (nSPS) is 13.5. The molecule has 0 atom stereocenters. The molecule has 5 nitrogen and oxygen atoms in total. The first-order chi connectivity index (χ1) is 11.5. The molecule has 24 heavy (non-hydrogen) atoms. The Bertz CT molecular complexity index is 683.